The molecule has 0 aliphatic heterocycles. The van der Waals surface area contributed by atoms with Gasteiger partial charge in [0, 0.05) is 31.1 Å². The van der Waals surface area contributed by atoms with Crippen molar-refractivity contribution >= 4 is 5.82 Å². The standard InChI is InChI=1S/C8H10N4/c1-12-8(9)4-7(11-12)6-2-3-10-5-6/h2-5,10H,9H2,1H3. The predicted octanol–water partition coefficient (Wildman–Crippen LogP) is 0.997. The molecule has 4 heteroatoms. The molecule has 2 aromatic rings. The molecule has 3 N–H and O–H groups in total. The Morgan fingerprint density at radius 2 is 2.42 bits per heavy atom. The number of nitrogens with one attached hydrogen (secondary N) is 1. The van der Waals surface area contributed by atoms with Gasteiger partial charge in [-0.15, -0.1) is 0 Å². The second kappa shape index (κ2) is 2.41. The first-order valence-electron chi connectivity index (χ1n) is 3.70. The van der Waals surface area contributed by atoms with Crippen molar-refractivity contribution in [3.05, 3.63) is 24.5 Å². The third kappa shape index (κ3) is 0.972. The molecule has 2 heterocycles. The van der Waals surface area contributed by atoms with Gasteiger partial charge in [-0.1, -0.05) is 0 Å². The van der Waals surface area contributed by atoms with Gasteiger partial charge in [-0.3, -0.25) is 4.68 Å². The summed E-state index contributed by atoms with van der Waals surface area (Å²) in [6, 6.07) is 3.81. The van der Waals surface area contributed by atoms with Gasteiger partial charge in [-0.25, -0.2) is 0 Å². The lowest BCUT2D eigenvalue weighted by Gasteiger charge is -1.89. The Labute approximate surface area is 70.0 Å². The van der Waals surface area contributed by atoms with Gasteiger partial charge >= 0.3 is 0 Å². The van der Waals surface area contributed by atoms with Crippen molar-refractivity contribution in [3.8, 4) is 11.3 Å². The third-order valence-electron chi connectivity index (χ3n) is 1.81. The topological polar surface area (TPSA) is 59.6 Å². The number of nitrogens with zero attached hydrogens (tertiary/aromatic N) is 2. The fraction of sp³-hybridized carbons (Fsp3) is 0.125. The number of hydrogen-bond acceptors (Lipinski definition) is 2. The summed E-state index contributed by atoms with van der Waals surface area (Å²) in [5.74, 6) is 0.672. The van der Waals surface area contributed by atoms with Crippen LogP contribution in [0.2, 0.25) is 0 Å². The first kappa shape index (κ1) is 6.97. The maximum atomic E-state index is 5.64. The highest BCUT2D eigenvalue weighted by Gasteiger charge is 2.03. The minimum absolute atomic E-state index is 0.672. The van der Waals surface area contributed by atoms with Crippen LogP contribution in [0.1, 0.15) is 0 Å². The normalized spacial score (nSPS) is 10.4. The van der Waals surface area contributed by atoms with Crippen LogP contribution in [0.4, 0.5) is 5.82 Å². The third-order valence-corrected chi connectivity index (χ3v) is 1.81. The van der Waals surface area contributed by atoms with Crippen molar-refractivity contribution in [2.75, 3.05) is 5.73 Å². The molecule has 0 saturated carbocycles. The van der Waals surface area contributed by atoms with Gasteiger partial charge in [0.2, 0.25) is 0 Å². The molecule has 0 atom stereocenters. The highest BCUT2D eigenvalue weighted by molar-refractivity contribution is 5.61. The van der Waals surface area contributed by atoms with Gasteiger partial charge in [0.05, 0.1) is 5.69 Å². The molecular formula is C8H10N4. The Kier molecular flexibility index (Phi) is 1.40. The van der Waals surface area contributed by atoms with E-state index in [9.17, 15) is 0 Å². The molecule has 4 nitrogen and oxygen atoms in total. The highest BCUT2D eigenvalue weighted by Crippen LogP contribution is 2.18. The number of aromatic nitrogens is 3. The average Bonchev–Trinajstić information content (AvgIpc) is 2.61. The van der Waals surface area contributed by atoms with Gasteiger partial charge in [0.25, 0.3) is 0 Å². The first-order valence-corrected chi connectivity index (χ1v) is 3.70. The molecule has 0 fully saturated rings. The van der Waals surface area contributed by atoms with E-state index in [1.807, 2.05) is 31.6 Å². The number of hydrogen-bond donors (Lipinski definition) is 2. The predicted molar refractivity (Wildman–Crippen MR) is 47.4 cm³/mol. The van der Waals surface area contributed by atoms with Crippen LogP contribution in [0, 0.1) is 0 Å². The highest BCUT2D eigenvalue weighted by atomic mass is 15.3. The second-order valence-corrected chi connectivity index (χ2v) is 2.68. The molecule has 0 spiro atoms. The summed E-state index contributed by atoms with van der Waals surface area (Å²) in [4.78, 5) is 2.97. The lowest BCUT2D eigenvalue weighted by atomic mass is 10.2. The molecule has 12 heavy (non-hydrogen) atoms. The van der Waals surface area contributed by atoms with E-state index in [1.54, 1.807) is 4.68 Å². The molecule has 0 saturated heterocycles. The lowest BCUT2D eigenvalue weighted by molar-refractivity contribution is 0.782. The van der Waals surface area contributed by atoms with Crippen LogP contribution < -0.4 is 5.73 Å². The first-order chi connectivity index (χ1) is 5.77. The van der Waals surface area contributed by atoms with E-state index in [1.165, 1.54) is 0 Å². The molecule has 62 valence electrons. The zero-order valence-corrected chi connectivity index (χ0v) is 6.78. The number of aryl methyl sites for hydroxylation is 1. The van der Waals surface area contributed by atoms with Crippen LogP contribution in [-0.2, 0) is 7.05 Å². The van der Waals surface area contributed by atoms with Crippen molar-refractivity contribution in [2.24, 2.45) is 7.05 Å². The average molecular weight is 162 g/mol. The van der Waals surface area contributed by atoms with Crippen LogP contribution >= 0.6 is 0 Å². The monoisotopic (exact) mass is 162 g/mol. The molecule has 0 bridgehead atoms. The van der Waals surface area contributed by atoms with Gasteiger partial charge in [0.1, 0.15) is 5.82 Å². The van der Waals surface area contributed by atoms with E-state index >= 15 is 0 Å². The molecular weight excluding hydrogens is 152 g/mol. The maximum Gasteiger partial charge on any atom is 0.121 e. The lowest BCUT2D eigenvalue weighted by Crippen LogP contribution is -1.96. The summed E-state index contributed by atoms with van der Waals surface area (Å²) >= 11 is 0. The molecule has 0 aromatic carbocycles. The Morgan fingerprint density at radius 1 is 1.58 bits per heavy atom. The van der Waals surface area contributed by atoms with Crippen molar-refractivity contribution in [1.82, 2.24) is 14.8 Å². The molecule has 0 aliphatic carbocycles. The number of aromatic amines is 1. The van der Waals surface area contributed by atoms with E-state index in [4.69, 9.17) is 5.73 Å². The molecule has 0 radical (unpaired) electrons. The van der Waals surface area contributed by atoms with Crippen molar-refractivity contribution < 1.29 is 0 Å². The Morgan fingerprint density at radius 3 is 2.92 bits per heavy atom. The maximum absolute atomic E-state index is 5.64. The number of nitrogens with two attached hydrogens (primary N) is 1. The number of rotatable bonds is 1. The molecule has 2 rings (SSSR count). The van der Waals surface area contributed by atoms with Crippen LogP contribution in [0.5, 0.6) is 0 Å². The van der Waals surface area contributed by atoms with E-state index < -0.39 is 0 Å². The van der Waals surface area contributed by atoms with Gasteiger partial charge in [-0.2, -0.15) is 5.10 Å². The molecule has 0 unspecified atom stereocenters. The van der Waals surface area contributed by atoms with Gasteiger partial charge in [0.15, 0.2) is 0 Å². The Bertz CT molecular complexity index is 352. The van der Waals surface area contributed by atoms with Crippen molar-refractivity contribution in [2.45, 2.75) is 0 Å². The van der Waals surface area contributed by atoms with Gasteiger partial charge in [-0.05, 0) is 6.07 Å². The SMILES string of the molecule is Cn1nc(-c2cc[nH]c2)cc1N. The number of H-pyrrole nitrogens is 1. The second-order valence-electron chi connectivity index (χ2n) is 2.68. The van der Waals surface area contributed by atoms with Crippen LogP contribution in [-0.4, -0.2) is 14.8 Å². The Balaban J connectivity index is 2.48. The summed E-state index contributed by atoms with van der Waals surface area (Å²) in [5, 5.41) is 4.22. The van der Waals surface area contributed by atoms with Crippen LogP contribution in [0.3, 0.4) is 0 Å². The fourth-order valence-corrected chi connectivity index (χ4v) is 1.11. The zero-order chi connectivity index (χ0) is 8.55. The van der Waals surface area contributed by atoms with Crippen molar-refractivity contribution in [1.29, 1.82) is 0 Å². The van der Waals surface area contributed by atoms with E-state index in [0.717, 1.165) is 11.3 Å². The van der Waals surface area contributed by atoms with Gasteiger partial charge < -0.3 is 10.7 Å². The zero-order valence-electron chi connectivity index (χ0n) is 6.78. The minimum atomic E-state index is 0.672. The largest absolute Gasteiger partial charge is 0.384 e. The molecule has 2 aromatic heterocycles. The summed E-state index contributed by atoms with van der Waals surface area (Å²) in [7, 11) is 1.82. The minimum Gasteiger partial charge on any atom is -0.384 e. The van der Waals surface area contributed by atoms with Crippen molar-refractivity contribution in [3.63, 3.8) is 0 Å². The molecule has 0 aliphatic rings. The number of nitrogen functional groups attached to an aromatic ring is 1. The quantitative estimate of drug-likeness (QED) is 0.657. The van der Waals surface area contributed by atoms with Crippen LogP contribution in [0.15, 0.2) is 24.5 Å². The Hall–Kier alpha value is -1.71. The summed E-state index contributed by atoms with van der Waals surface area (Å²) in [5.41, 5.74) is 7.59. The summed E-state index contributed by atoms with van der Waals surface area (Å²) < 4.78 is 1.66. The fourth-order valence-electron chi connectivity index (χ4n) is 1.11. The summed E-state index contributed by atoms with van der Waals surface area (Å²) in [6.07, 6.45) is 3.75. The molecule has 0 amide bonds. The van der Waals surface area contributed by atoms with E-state index in [-0.39, 0.29) is 0 Å². The summed E-state index contributed by atoms with van der Waals surface area (Å²) in [6.45, 7) is 0. The van der Waals surface area contributed by atoms with E-state index in [2.05, 4.69) is 10.1 Å². The number of anilines is 1. The smallest absolute Gasteiger partial charge is 0.121 e. The van der Waals surface area contributed by atoms with Crippen LogP contribution in [0.25, 0.3) is 11.3 Å². The van der Waals surface area contributed by atoms with E-state index in [0.29, 0.717) is 5.82 Å².